The van der Waals surface area contributed by atoms with Crippen LogP contribution in [0.25, 0.3) is 0 Å². The molecule has 0 saturated heterocycles. The van der Waals surface area contributed by atoms with Crippen molar-refractivity contribution in [2.45, 2.75) is 0 Å². The van der Waals surface area contributed by atoms with E-state index < -0.39 is 50.5 Å². The van der Waals surface area contributed by atoms with Crippen molar-refractivity contribution in [3.8, 4) is 0 Å². The van der Waals surface area contributed by atoms with Crippen molar-refractivity contribution in [2.75, 3.05) is 52.9 Å². The van der Waals surface area contributed by atoms with Gasteiger partial charge in [0, 0.05) is 0 Å². The summed E-state index contributed by atoms with van der Waals surface area (Å²) in [6.45, 7) is -3.01. The summed E-state index contributed by atoms with van der Waals surface area (Å²) in [4.78, 5) is 0. The van der Waals surface area contributed by atoms with E-state index in [0.717, 1.165) is 0 Å². The van der Waals surface area contributed by atoms with Crippen LogP contribution in [-0.2, 0) is 4.74 Å². The Bertz CT molecular complexity index is 158. The second kappa shape index (κ2) is 10.4. The van der Waals surface area contributed by atoms with Crippen molar-refractivity contribution >= 4 is 27.3 Å². The molecule has 0 unspecified atom stereocenters. The number of ether oxygens (including phenoxy) is 1. The molecule has 0 fully saturated rings. The predicted octanol–water partition coefficient (Wildman–Crippen LogP) is -3.99. The molecule has 0 aliphatic rings. The summed E-state index contributed by atoms with van der Waals surface area (Å²) in [5, 5.41) is 54.2. The summed E-state index contributed by atoms with van der Waals surface area (Å²) < 4.78 is 5.15. The van der Waals surface area contributed by atoms with Crippen molar-refractivity contribution in [2.24, 2.45) is 10.8 Å². The molecule has 0 aromatic carbocycles. The van der Waals surface area contributed by atoms with Gasteiger partial charge in [0.05, 0.1) is 63.7 Å². The first-order valence-electron chi connectivity index (χ1n) is 5.30. The standard InChI is InChI=1S/C10H22O7.Pb.2H/c11-1-9(2-12,3-13)7-17-8-10(4-14,5-15)6-16;;;/h11-16H,1-8H2;;;. The average molecular weight is 463 g/mol. The van der Waals surface area contributed by atoms with E-state index in [4.69, 9.17) is 35.4 Å². The van der Waals surface area contributed by atoms with Gasteiger partial charge in [-0.3, -0.25) is 0 Å². The van der Waals surface area contributed by atoms with Crippen LogP contribution in [0.1, 0.15) is 0 Å². The van der Waals surface area contributed by atoms with E-state index >= 15 is 0 Å². The van der Waals surface area contributed by atoms with Crippen LogP contribution in [0.2, 0.25) is 0 Å². The van der Waals surface area contributed by atoms with Gasteiger partial charge in [0.15, 0.2) is 0 Å². The maximum absolute atomic E-state index is 9.03. The van der Waals surface area contributed by atoms with Crippen LogP contribution in [-0.4, -0.2) is 111 Å². The number of hydrogen-bond donors (Lipinski definition) is 6. The van der Waals surface area contributed by atoms with E-state index in [0.29, 0.717) is 0 Å². The van der Waals surface area contributed by atoms with E-state index in [-0.39, 0.29) is 40.5 Å². The molecule has 0 rings (SSSR count). The van der Waals surface area contributed by atoms with Gasteiger partial charge in [-0.15, -0.1) is 0 Å². The van der Waals surface area contributed by atoms with E-state index in [1.807, 2.05) is 0 Å². The first kappa shape index (κ1) is 20.9. The molecule has 0 aliphatic carbocycles. The molecule has 2 radical (unpaired) electrons. The normalized spacial score (nSPS) is 12.3. The Kier molecular flexibility index (Phi) is 12.1. The Morgan fingerprint density at radius 1 is 0.556 bits per heavy atom. The van der Waals surface area contributed by atoms with Crippen LogP contribution in [0, 0.1) is 10.8 Å². The van der Waals surface area contributed by atoms with E-state index in [1.165, 1.54) is 0 Å². The van der Waals surface area contributed by atoms with Gasteiger partial charge in [0.25, 0.3) is 0 Å². The first-order valence-corrected chi connectivity index (χ1v) is 5.30. The molecular weight excluding hydrogens is 439 g/mol. The molecule has 0 heterocycles. The van der Waals surface area contributed by atoms with Gasteiger partial charge in [-0.1, -0.05) is 0 Å². The van der Waals surface area contributed by atoms with Crippen LogP contribution < -0.4 is 0 Å². The van der Waals surface area contributed by atoms with Crippen LogP contribution in [0.3, 0.4) is 0 Å². The number of aliphatic hydroxyl groups excluding tert-OH is 6. The van der Waals surface area contributed by atoms with Gasteiger partial charge in [-0.25, -0.2) is 0 Å². The third-order valence-corrected chi connectivity index (χ3v) is 2.83. The zero-order valence-corrected chi connectivity index (χ0v) is 16.0. The minimum atomic E-state index is -1.16. The fourth-order valence-corrected chi connectivity index (χ4v) is 1.06. The van der Waals surface area contributed by atoms with Gasteiger partial charge in [-0.2, -0.15) is 0 Å². The molecule has 0 aromatic rings. The van der Waals surface area contributed by atoms with Crippen molar-refractivity contribution < 1.29 is 35.4 Å². The minimum absolute atomic E-state index is 0. The topological polar surface area (TPSA) is 131 Å². The first-order chi connectivity index (χ1) is 8.07. The molecule has 0 bridgehead atoms. The zero-order valence-electron chi connectivity index (χ0n) is 10.5. The van der Waals surface area contributed by atoms with Crippen molar-refractivity contribution in [3.63, 3.8) is 0 Å². The predicted molar refractivity (Wildman–Crippen MR) is 66.7 cm³/mol. The SMILES string of the molecule is OCC(CO)(CO)COCC(CO)(CO)CO.[PbH2]. The average Bonchev–Trinajstić information content (AvgIpc) is 2.41. The van der Waals surface area contributed by atoms with E-state index in [1.54, 1.807) is 0 Å². The third-order valence-electron chi connectivity index (χ3n) is 2.83. The number of rotatable bonds is 10. The molecule has 110 valence electrons. The molecule has 0 atom stereocenters. The molecule has 0 amide bonds. The molecule has 0 saturated carbocycles. The van der Waals surface area contributed by atoms with Gasteiger partial charge >= 0.3 is 27.3 Å². The molecule has 0 spiro atoms. The van der Waals surface area contributed by atoms with Crippen LogP contribution >= 0.6 is 0 Å². The van der Waals surface area contributed by atoms with Gasteiger partial charge in [0.2, 0.25) is 0 Å². The molecule has 0 aromatic heterocycles. The maximum atomic E-state index is 9.03. The Labute approximate surface area is 126 Å². The third kappa shape index (κ3) is 5.74. The Balaban J connectivity index is 0. The molecule has 6 N–H and O–H groups in total. The second-order valence-corrected chi connectivity index (χ2v) is 4.44. The fraction of sp³-hybridized carbons (Fsp3) is 1.00. The van der Waals surface area contributed by atoms with Crippen molar-refractivity contribution in [1.82, 2.24) is 0 Å². The summed E-state index contributed by atoms with van der Waals surface area (Å²) in [6, 6.07) is 0. The zero-order chi connectivity index (χ0) is 13.4. The van der Waals surface area contributed by atoms with E-state index in [2.05, 4.69) is 0 Å². The Morgan fingerprint density at radius 2 is 0.778 bits per heavy atom. The van der Waals surface area contributed by atoms with E-state index in [9.17, 15) is 0 Å². The van der Waals surface area contributed by atoms with Gasteiger partial charge < -0.3 is 35.4 Å². The summed E-state index contributed by atoms with van der Waals surface area (Å²) in [7, 11) is 0. The Morgan fingerprint density at radius 3 is 0.944 bits per heavy atom. The van der Waals surface area contributed by atoms with Crippen LogP contribution in [0.4, 0.5) is 0 Å². The van der Waals surface area contributed by atoms with Crippen LogP contribution in [0.15, 0.2) is 0 Å². The van der Waals surface area contributed by atoms with Crippen LogP contribution in [0.5, 0.6) is 0 Å². The van der Waals surface area contributed by atoms with Crippen molar-refractivity contribution in [3.05, 3.63) is 0 Å². The molecule has 7 nitrogen and oxygen atoms in total. The molecule has 18 heavy (non-hydrogen) atoms. The van der Waals surface area contributed by atoms with Gasteiger partial charge in [-0.05, 0) is 0 Å². The fourth-order valence-electron chi connectivity index (χ4n) is 1.06. The molecule has 8 heteroatoms. The monoisotopic (exact) mass is 464 g/mol. The summed E-state index contributed by atoms with van der Waals surface area (Å²) in [5.74, 6) is 0. The van der Waals surface area contributed by atoms with Crippen molar-refractivity contribution in [1.29, 1.82) is 0 Å². The summed E-state index contributed by atoms with van der Waals surface area (Å²) in [5.41, 5.74) is -2.32. The summed E-state index contributed by atoms with van der Waals surface area (Å²) >= 11 is 0. The summed E-state index contributed by atoms with van der Waals surface area (Å²) in [6.07, 6.45) is 0. The molecule has 0 aliphatic heterocycles. The number of aliphatic hydroxyl groups is 6. The van der Waals surface area contributed by atoms with Gasteiger partial charge in [0.1, 0.15) is 0 Å². The number of hydrogen-bond acceptors (Lipinski definition) is 7. The second-order valence-electron chi connectivity index (χ2n) is 4.44. The molecular formula is C10H24O7Pb. The Hall–Kier alpha value is 0.642. The quantitative estimate of drug-likeness (QED) is 0.182.